The molecule has 3 nitrogen and oxygen atoms in total. The standard InChI is InChI=1S/C30H20NO.C19H26NSi.Ir/c1-20-17-28(31-19-27(20)22-11-6-3-7-12-22)23-15-16-29-26(18-23)25-14-8-13-24(30(25)32-29)21-9-4-2-5-10-21;1-19(2,3)13-16-12-17(15-10-8-7-9-11-15)20-14-18(16)21(4,5)6;/h2-14,16-19H,1H3;7-10,12,14H,13H2,1-6H3;/q2*-1;. The molecule has 0 saturated carbocycles. The maximum atomic E-state index is 6.28. The number of hydrogen-bond donors (Lipinski definition) is 0. The Kier molecular flexibility index (Phi) is 11.6. The van der Waals surface area contributed by atoms with Crippen molar-refractivity contribution < 1.29 is 24.5 Å². The van der Waals surface area contributed by atoms with Gasteiger partial charge in [-0.2, -0.15) is 0 Å². The van der Waals surface area contributed by atoms with Crippen molar-refractivity contribution in [1.29, 1.82) is 0 Å². The fraction of sp³-hybridized carbons (Fsp3) is 0.184. The van der Waals surface area contributed by atoms with Gasteiger partial charge in [0.05, 0.1) is 13.7 Å². The number of aromatic nitrogens is 2. The van der Waals surface area contributed by atoms with Crippen LogP contribution in [0, 0.1) is 24.5 Å². The van der Waals surface area contributed by atoms with Gasteiger partial charge in [-0.3, -0.25) is 0 Å². The molecule has 3 aromatic heterocycles. The van der Waals surface area contributed by atoms with Crippen molar-refractivity contribution >= 4 is 35.2 Å². The van der Waals surface area contributed by atoms with Crippen molar-refractivity contribution in [3.05, 3.63) is 163 Å². The Morgan fingerprint density at radius 3 is 1.93 bits per heavy atom. The van der Waals surface area contributed by atoms with Crippen molar-refractivity contribution in [2.24, 2.45) is 5.41 Å². The molecule has 1 radical (unpaired) electrons. The summed E-state index contributed by atoms with van der Waals surface area (Å²) < 4.78 is 6.28. The summed E-state index contributed by atoms with van der Waals surface area (Å²) in [6, 6.07) is 50.3. The average molecular weight is 899 g/mol. The van der Waals surface area contributed by atoms with Gasteiger partial charge in [0.2, 0.25) is 0 Å². The summed E-state index contributed by atoms with van der Waals surface area (Å²) in [6.07, 6.45) is 5.16. The van der Waals surface area contributed by atoms with Gasteiger partial charge in [-0.25, -0.2) is 0 Å². The van der Waals surface area contributed by atoms with E-state index in [1.807, 2.05) is 42.6 Å². The van der Waals surface area contributed by atoms with Crippen LogP contribution in [0.4, 0.5) is 0 Å². The van der Waals surface area contributed by atoms with Crippen molar-refractivity contribution in [2.45, 2.75) is 53.8 Å². The Labute approximate surface area is 334 Å². The summed E-state index contributed by atoms with van der Waals surface area (Å²) in [5.74, 6) is 0. The smallest absolute Gasteiger partial charge is 0.128 e. The summed E-state index contributed by atoms with van der Waals surface area (Å²) in [4.78, 5) is 9.47. The van der Waals surface area contributed by atoms with Crippen molar-refractivity contribution in [3.63, 3.8) is 0 Å². The van der Waals surface area contributed by atoms with E-state index in [1.165, 1.54) is 21.9 Å². The van der Waals surface area contributed by atoms with E-state index in [0.29, 0.717) is 0 Å². The molecule has 8 aromatic rings. The van der Waals surface area contributed by atoms with Crippen LogP contribution in [0.3, 0.4) is 0 Å². The number of fused-ring (bicyclic) bond motifs is 3. The molecule has 0 N–H and O–H groups in total. The van der Waals surface area contributed by atoms with E-state index in [2.05, 4.69) is 157 Å². The molecule has 3 heterocycles. The molecule has 0 spiro atoms. The second kappa shape index (κ2) is 16.2. The molecule has 0 aliphatic rings. The molecule has 0 unspecified atom stereocenters. The number of rotatable bonds is 6. The number of furan rings is 1. The molecule has 0 atom stereocenters. The number of pyridine rings is 2. The first-order valence-electron chi connectivity index (χ1n) is 18.4. The van der Waals surface area contributed by atoms with E-state index in [1.54, 1.807) is 0 Å². The molecule has 0 bridgehead atoms. The van der Waals surface area contributed by atoms with Crippen LogP contribution in [0.25, 0.3) is 66.7 Å². The molecule has 273 valence electrons. The SMILES string of the molecule is CC(C)(C)Cc1cc(-c2[c-]cccc2)ncc1[Si](C)(C)C.Cc1cc(-c2[c-]cc3oc4c(-c5ccccc5)cccc4c3c2)ncc1-c1ccccc1.[Ir]. The summed E-state index contributed by atoms with van der Waals surface area (Å²) in [7, 11) is -1.37. The number of benzene rings is 5. The Bertz CT molecular complexity index is 2500. The van der Waals surface area contributed by atoms with Gasteiger partial charge in [0, 0.05) is 49.0 Å². The van der Waals surface area contributed by atoms with Crippen LogP contribution in [0.2, 0.25) is 19.6 Å². The van der Waals surface area contributed by atoms with E-state index in [9.17, 15) is 0 Å². The largest absolute Gasteiger partial charge is 0.500 e. The predicted octanol–water partition coefficient (Wildman–Crippen LogP) is 12.8. The normalized spacial score (nSPS) is 11.5. The van der Waals surface area contributed by atoms with Gasteiger partial charge >= 0.3 is 0 Å². The third-order valence-corrected chi connectivity index (χ3v) is 11.6. The van der Waals surface area contributed by atoms with Gasteiger partial charge in [-0.05, 0) is 52.0 Å². The number of nitrogens with zero attached hydrogens (tertiary/aromatic N) is 2. The van der Waals surface area contributed by atoms with E-state index in [-0.39, 0.29) is 25.5 Å². The third-order valence-electron chi connectivity index (χ3n) is 9.49. The summed E-state index contributed by atoms with van der Waals surface area (Å²) in [5, 5.41) is 3.67. The Morgan fingerprint density at radius 1 is 0.648 bits per heavy atom. The van der Waals surface area contributed by atoms with Crippen LogP contribution in [0.15, 0.2) is 144 Å². The zero-order valence-corrected chi connectivity index (χ0v) is 35.5. The van der Waals surface area contributed by atoms with E-state index < -0.39 is 8.07 Å². The minimum atomic E-state index is -1.37. The molecular formula is C49H46IrN2OSi-2. The van der Waals surface area contributed by atoms with Gasteiger partial charge in [0.1, 0.15) is 5.58 Å². The van der Waals surface area contributed by atoms with Gasteiger partial charge in [0.15, 0.2) is 0 Å². The molecule has 5 aromatic carbocycles. The monoisotopic (exact) mass is 899 g/mol. The molecule has 0 aliphatic heterocycles. The van der Waals surface area contributed by atoms with Gasteiger partial charge in [0.25, 0.3) is 0 Å². The third kappa shape index (κ3) is 8.71. The first kappa shape index (κ1) is 38.8. The summed E-state index contributed by atoms with van der Waals surface area (Å²) >= 11 is 0. The molecule has 8 rings (SSSR count). The maximum Gasteiger partial charge on any atom is 0.128 e. The van der Waals surface area contributed by atoms with Crippen LogP contribution in [0.5, 0.6) is 0 Å². The zero-order valence-electron chi connectivity index (χ0n) is 32.1. The van der Waals surface area contributed by atoms with E-state index in [4.69, 9.17) is 14.4 Å². The Balaban J connectivity index is 0.000000198. The van der Waals surface area contributed by atoms with Crippen molar-refractivity contribution in [2.75, 3.05) is 0 Å². The zero-order chi connectivity index (χ0) is 37.2. The Hall–Kier alpha value is -4.93. The van der Waals surface area contributed by atoms with Gasteiger partial charge in [-0.1, -0.05) is 142 Å². The molecule has 0 aliphatic carbocycles. The Morgan fingerprint density at radius 2 is 1.30 bits per heavy atom. The first-order valence-corrected chi connectivity index (χ1v) is 21.9. The number of hydrogen-bond acceptors (Lipinski definition) is 3. The van der Waals surface area contributed by atoms with Crippen LogP contribution in [0.1, 0.15) is 31.9 Å². The number of para-hydroxylation sites is 1. The van der Waals surface area contributed by atoms with E-state index in [0.717, 1.165) is 67.6 Å². The summed E-state index contributed by atoms with van der Waals surface area (Å²) in [5.41, 5.74) is 13.3. The van der Waals surface area contributed by atoms with Crippen molar-refractivity contribution in [1.82, 2.24) is 9.97 Å². The topological polar surface area (TPSA) is 38.9 Å². The molecule has 5 heteroatoms. The molecule has 0 amide bonds. The summed E-state index contributed by atoms with van der Waals surface area (Å²) in [6.45, 7) is 16.2. The minimum Gasteiger partial charge on any atom is -0.500 e. The molecule has 0 saturated heterocycles. The van der Waals surface area contributed by atoms with Crippen LogP contribution < -0.4 is 5.19 Å². The average Bonchev–Trinajstić information content (AvgIpc) is 3.53. The quantitative estimate of drug-likeness (QED) is 0.123. The van der Waals surface area contributed by atoms with Crippen LogP contribution in [-0.4, -0.2) is 18.0 Å². The fourth-order valence-corrected chi connectivity index (χ4v) is 8.52. The fourth-order valence-electron chi connectivity index (χ4n) is 6.95. The maximum absolute atomic E-state index is 6.28. The molecular weight excluding hydrogens is 853 g/mol. The molecule has 54 heavy (non-hydrogen) atoms. The number of aryl methyl sites for hydroxylation is 1. The second-order valence-electron chi connectivity index (χ2n) is 16.0. The minimum absolute atomic E-state index is 0. The van der Waals surface area contributed by atoms with E-state index >= 15 is 0 Å². The first-order chi connectivity index (χ1) is 25.4. The van der Waals surface area contributed by atoms with Crippen molar-refractivity contribution in [3.8, 4) is 44.8 Å². The van der Waals surface area contributed by atoms with Crippen LogP contribution >= 0.6 is 0 Å². The van der Waals surface area contributed by atoms with Gasteiger partial charge in [-0.15, -0.1) is 59.7 Å². The van der Waals surface area contributed by atoms with Crippen LogP contribution in [-0.2, 0) is 26.5 Å². The molecule has 0 fully saturated rings. The second-order valence-corrected chi connectivity index (χ2v) is 21.1. The van der Waals surface area contributed by atoms with Gasteiger partial charge < -0.3 is 14.4 Å². The predicted molar refractivity (Wildman–Crippen MR) is 226 cm³/mol.